The van der Waals surface area contributed by atoms with E-state index >= 15 is 0 Å². The Morgan fingerprint density at radius 2 is 1.89 bits per heavy atom. The van der Waals surface area contributed by atoms with Gasteiger partial charge in [0.2, 0.25) is 0 Å². The molecule has 0 atom stereocenters. The summed E-state index contributed by atoms with van der Waals surface area (Å²) in [5.74, 6) is 1.27. The van der Waals surface area contributed by atoms with Gasteiger partial charge in [0.1, 0.15) is 5.82 Å². The third-order valence-electron chi connectivity index (χ3n) is 4.04. The van der Waals surface area contributed by atoms with E-state index in [0.717, 1.165) is 37.0 Å². The number of halogens is 1. The second-order valence-corrected chi connectivity index (χ2v) is 5.92. The topological polar surface area (TPSA) is 34.9 Å². The van der Waals surface area contributed by atoms with Crippen LogP contribution in [0.2, 0.25) is 0 Å². The van der Waals surface area contributed by atoms with E-state index in [9.17, 15) is 4.79 Å². The summed E-state index contributed by atoms with van der Waals surface area (Å²) in [5.41, 5.74) is 0.849. The van der Waals surface area contributed by atoms with Crippen molar-refractivity contribution in [1.82, 2.24) is 9.55 Å². The molecule has 1 aliphatic rings. The molecule has 0 unspecified atom stereocenters. The third-order valence-corrected chi connectivity index (χ3v) is 4.48. The molecule has 2 aromatic rings. The zero-order valence-electron chi connectivity index (χ0n) is 11.0. The maximum Gasteiger partial charge on any atom is 0.261 e. The standard InChI is InChI=1S/C15H17ClN2O/c1-18-14(10-6-8-11(16)9-7-10)17-13-5-3-2-4-12(13)15(18)19/h2-5,10-11H,6-9H2,1H3. The van der Waals surface area contributed by atoms with E-state index in [0.29, 0.717) is 11.3 Å². The number of hydrogen-bond acceptors (Lipinski definition) is 2. The van der Waals surface area contributed by atoms with Crippen LogP contribution in [0.5, 0.6) is 0 Å². The maximum atomic E-state index is 12.4. The van der Waals surface area contributed by atoms with Crippen LogP contribution in [0.15, 0.2) is 29.1 Å². The smallest absolute Gasteiger partial charge is 0.261 e. The van der Waals surface area contributed by atoms with Crippen molar-refractivity contribution >= 4 is 22.5 Å². The number of hydrogen-bond donors (Lipinski definition) is 0. The first kappa shape index (κ1) is 12.7. The lowest BCUT2D eigenvalue weighted by atomic mass is 9.88. The fourth-order valence-electron chi connectivity index (χ4n) is 2.91. The van der Waals surface area contributed by atoms with E-state index in [1.165, 1.54) is 0 Å². The van der Waals surface area contributed by atoms with Crippen molar-refractivity contribution in [1.29, 1.82) is 0 Å². The zero-order chi connectivity index (χ0) is 13.4. The van der Waals surface area contributed by atoms with Crippen molar-refractivity contribution in [2.24, 2.45) is 7.05 Å². The van der Waals surface area contributed by atoms with Gasteiger partial charge in [0.15, 0.2) is 0 Å². The molecule has 1 saturated carbocycles. The van der Waals surface area contributed by atoms with Crippen LogP contribution in [0.4, 0.5) is 0 Å². The molecule has 0 N–H and O–H groups in total. The number of rotatable bonds is 1. The van der Waals surface area contributed by atoms with Gasteiger partial charge in [0.25, 0.3) is 5.56 Å². The summed E-state index contributed by atoms with van der Waals surface area (Å²) in [5, 5.41) is 0.980. The predicted molar refractivity (Wildman–Crippen MR) is 77.8 cm³/mol. The van der Waals surface area contributed by atoms with Crippen LogP contribution >= 0.6 is 11.6 Å². The molecule has 1 aliphatic carbocycles. The fourth-order valence-corrected chi connectivity index (χ4v) is 3.16. The summed E-state index contributed by atoms with van der Waals surface area (Å²) < 4.78 is 1.71. The molecule has 0 spiro atoms. The fraction of sp³-hybridized carbons (Fsp3) is 0.467. The van der Waals surface area contributed by atoms with Crippen LogP contribution in [-0.2, 0) is 7.05 Å². The SMILES string of the molecule is Cn1c(C2CCC(Cl)CC2)nc2ccccc2c1=O. The van der Waals surface area contributed by atoms with E-state index in [4.69, 9.17) is 16.6 Å². The van der Waals surface area contributed by atoms with Crippen LogP contribution in [0.1, 0.15) is 37.4 Å². The summed E-state index contributed by atoms with van der Waals surface area (Å²) >= 11 is 6.15. The molecule has 3 nitrogen and oxygen atoms in total. The molecule has 3 rings (SSSR count). The van der Waals surface area contributed by atoms with Gasteiger partial charge in [-0.05, 0) is 37.8 Å². The third kappa shape index (κ3) is 2.27. The molecule has 4 heteroatoms. The van der Waals surface area contributed by atoms with Gasteiger partial charge < -0.3 is 0 Å². The molecule has 1 fully saturated rings. The average Bonchev–Trinajstić information content (AvgIpc) is 2.44. The van der Waals surface area contributed by atoms with Gasteiger partial charge in [-0.2, -0.15) is 0 Å². The Morgan fingerprint density at radius 3 is 2.63 bits per heavy atom. The van der Waals surface area contributed by atoms with Gasteiger partial charge in [0.05, 0.1) is 10.9 Å². The first-order chi connectivity index (χ1) is 9.16. The Morgan fingerprint density at radius 1 is 1.21 bits per heavy atom. The second kappa shape index (κ2) is 4.97. The first-order valence-corrected chi connectivity index (χ1v) is 7.20. The highest BCUT2D eigenvalue weighted by molar-refractivity contribution is 6.20. The monoisotopic (exact) mass is 276 g/mol. The Hall–Kier alpha value is -1.35. The van der Waals surface area contributed by atoms with Gasteiger partial charge in [0, 0.05) is 18.3 Å². The highest BCUT2D eigenvalue weighted by atomic mass is 35.5. The number of benzene rings is 1. The Bertz CT molecular complexity index is 657. The molecular weight excluding hydrogens is 260 g/mol. The van der Waals surface area contributed by atoms with Crippen LogP contribution in [0.25, 0.3) is 10.9 Å². The van der Waals surface area contributed by atoms with Gasteiger partial charge in [-0.15, -0.1) is 11.6 Å². The van der Waals surface area contributed by atoms with Gasteiger partial charge in [-0.3, -0.25) is 9.36 Å². The van der Waals surface area contributed by atoms with Crippen LogP contribution in [0, 0.1) is 0 Å². The Kier molecular flexibility index (Phi) is 3.31. The van der Waals surface area contributed by atoms with E-state index in [1.54, 1.807) is 4.57 Å². The number of nitrogens with zero attached hydrogens (tertiary/aromatic N) is 2. The largest absolute Gasteiger partial charge is 0.299 e. The lowest BCUT2D eigenvalue weighted by Crippen LogP contribution is -2.26. The minimum absolute atomic E-state index is 0.0496. The highest BCUT2D eigenvalue weighted by Gasteiger charge is 2.24. The number of aromatic nitrogens is 2. The maximum absolute atomic E-state index is 12.4. The summed E-state index contributed by atoms with van der Waals surface area (Å²) in [6.45, 7) is 0. The molecule has 0 aliphatic heterocycles. The van der Waals surface area contributed by atoms with Crippen molar-refractivity contribution in [2.45, 2.75) is 37.0 Å². The molecule has 1 heterocycles. The minimum atomic E-state index is 0.0496. The zero-order valence-corrected chi connectivity index (χ0v) is 11.7. The number of fused-ring (bicyclic) bond motifs is 1. The lowest BCUT2D eigenvalue weighted by Gasteiger charge is -2.25. The minimum Gasteiger partial charge on any atom is -0.299 e. The van der Waals surface area contributed by atoms with Crippen LogP contribution in [-0.4, -0.2) is 14.9 Å². The summed E-state index contributed by atoms with van der Waals surface area (Å²) in [4.78, 5) is 17.1. The highest BCUT2D eigenvalue weighted by Crippen LogP contribution is 2.33. The van der Waals surface area contributed by atoms with Gasteiger partial charge in [-0.1, -0.05) is 12.1 Å². The van der Waals surface area contributed by atoms with Crippen LogP contribution in [0.3, 0.4) is 0 Å². The average molecular weight is 277 g/mol. The summed E-state index contributed by atoms with van der Waals surface area (Å²) in [6, 6.07) is 7.55. The number of para-hydroxylation sites is 1. The molecular formula is C15H17ClN2O. The van der Waals surface area contributed by atoms with E-state index in [1.807, 2.05) is 31.3 Å². The molecule has 0 amide bonds. The molecule has 1 aromatic heterocycles. The van der Waals surface area contributed by atoms with Crippen molar-refractivity contribution in [3.05, 3.63) is 40.4 Å². The van der Waals surface area contributed by atoms with E-state index < -0.39 is 0 Å². The van der Waals surface area contributed by atoms with Crippen molar-refractivity contribution in [2.75, 3.05) is 0 Å². The molecule has 1 aromatic carbocycles. The Labute approximate surface area is 117 Å². The molecule has 19 heavy (non-hydrogen) atoms. The lowest BCUT2D eigenvalue weighted by molar-refractivity contribution is 0.422. The van der Waals surface area contributed by atoms with Crippen molar-refractivity contribution < 1.29 is 0 Å². The Balaban J connectivity index is 2.09. The normalized spacial score (nSPS) is 23.7. The van der Waals surface area contributed by atoms with Gasteiger partial charge >= 0.3 is 0 Å². The van der Waals surface area contributed by atoms with E-state index in [-0.39, 0.29) is 10.9 Å². The molecule has 0 radical (unpaired) electrons. The quantitative estimate of drug-likeness (QED) is 0.750. The molecule has 100 valence electrons. The van der Waals surface area contributed by atoms with Crippen molar-refractivity contribution in [3.63, 3.8) is 0 Å². The number of alkyl halides is 1. The summed E-state index contributed by atoms with van der Waals surface area (Å²) in [7, 11) is 1.82. The predicted octanol–water partition coefficient (Wildman–Crippen LogP) is 3.20. The second-order valence-electron chi connectivity index (χ2n) is 5.30. The summed E-state index contributed by atoms with van der Waals surface area (Å²) in [6.07, 6.45) is 4.06. The molecule has 0 saturated heterocycles. The van der Waals surface area contributed by atoms with Crippen molar-refractivity contribution in [3.8, 4) is 0 Å². The molecule has 0 bridgehead atoms. The van der Waals surface area contributed by atoms with Gasteiger partial charge in [-0.25, -0.2) is 4.98 Å². The van der Waals surface area contributed by atoms with Crippen LogP contribution < -0.4 is 5.56 Å². The van der Waals surface area contributed by atoms with E-state index in [2.05, 4.69) is 0 Å². The first-order valence-electron chi connectivity index (χ1n) is 6.76.